The molecule has 1 saturated heterocycles. The monoisotopic (exact) mass is 439 g/mol. The van der Waals surface area contributed by atoms with Gasteiger partial charge in [0.1, 0.15) is 11.5 Å². The topological polar surface area (TPSA) is 72.3 Å². The third-order valence-corrected chi connectivity index (χ3v) is 5.80. The summed E-state index contributed by atoms with van der Waals surface area (Å²) in [5.74, 6) is -0.0675. The van der Waals surface area contributed by atoms with Gasteiger partial charge in [-0.3, -0.25) is 25.0 Å². The fraction of sp³-hybridized carbons (Fsp3) is 0.222. The molecule has 0 aliphatic carbocycles. The van der Waals surface area contributed by atoms with Gasteiger partial charge in [0.15, 0.2) is 0 Å². The number of pyridine rings is 1. The van der Waals surface area contributed by atoms with Crippen LogP contribution in [-0.4, -0.2) is 45.7 Å². The molecule has 0 spiro atoms. The Balaban J connectivity index is 1.45. The van der Waals surface area contributed by atoms with Crippen LogP contribution in [0.5, 0.6) is 0 Å². The highest BCUT2D eigenvalue weighted by atomic mass is 16.2. The molecule has 2 heterocycles. The Bertz CT molecular complexity index is 1060. The van der Waals surface area contributed by atoms with Gasteiger partial charge in [-0.15, -0.1) is 0 Å². The smallest absolute Gasteiger partial charge is 0.278 e. The van der Waals surface area contributed by atoms with Crippen LogP contribution in [-0.2, 0) is 6.54 Å². The van der Waals surface area contributed by atoms with Crippen LogP contribution in [0.15, 0.2) is 97.3 Å². The van der Waals surface area contributed by atoms with Crippen molar-refractivity contribution in [1.29, 1.82) is 5.41 Å². The molecule has 1 aliphatic heterocycles. The maximum Gasteiger partial charge on any atom is 0.278 e. The van der Waals surface area contributed by atoms with E-state index < -0.39 is 0 Å². The first-order valence-electron chi connectivity index (χ1n) is 11.3. The zero-order valence-electron chi connectivity index (χ0n) is 18.6. The van der Waals surface area contributed by atoms with Gasteiger partial charge in [0.05, 0.1) is 0 Å². The van der Waals surface area contributed by atoms with E-state index in [9.17, 15) is 4.79 Å². The molecular formula is C27H29N5O. The Kier molecular flexibility index (Phi) is 7.61. The lowest BCUT2D eigenvalue weighted by Crippen LogP contribution is -2.49. The second-order valence-corrected chi connectivity index (χ2v) is 8.11. The third kappa shape index (κ3) is 6.14. The Morgan fingerprint density at radius 1 is 1.00 bits per heavy atom. The van der Waals surface area contributed by atoms with Crippen molar-refractivity contribution in [3.63, 3.8) is 0 Å². The summed E-state index contributed by atoms with van der Waals surface area (Å²) in [5.41, 5.74) is 2.58. The number of hydrogen-bond donors (Lipinski definition) is 2. The standard InChI is InChI=1S/C27H29N5O/c28-26(14-18-29-23-11-5-2-6-12-23)32(27(33)25-13-7-8-17-30-25)24-15-19-31(20-16-24)21-22-9-3-1-4-10-22/h1-14,17-18,24,28-29H,15-16,19-21H2/b18-14-,28-26?. The first-order chi connectivity index (χ1) is 16.2. The van der Waals surface area contributed by atoms with Crippen molar-refractivity contribution in [3.05, 3.63) is 109 Å². The molecule has 33 heavy (non-hydrogen) atoms. The molecule has 168 valence electrons. The quantitative estimate of drug-likeness (QED) is 0.410. The van der Waals surface area contributed by atoms with E-state index in [1.54, 1.807) is 41.6 Å². The molecule has 0 radical (unpaired) electrons. The van der Waals surface area contributed by atoms with Gasteiger partial charge in [0.2, 0.25) is 0 Å². The number of aromatic nitrogens is 1. The number of benzene rings is 2. The second-order valence-electron chi connectivity index (χ2n) is 8.11. The number of rotatable bonds is 7. The minimum Gasteiger partial charge on any atom is -0.362 e. The molecular weight excluding hydrogens is 410 g/mol. The molecule has 1 amide bonds. The maximum atomic E-state index is 13.3. The summed E-state index contributed by atoms with van der Waals surface area (Å²) in [4.78, 5) is 21.6. The highest BCUT2D eigenvalue weighted by molar-refractivity contribution is 6.08. The van der Waals surface area contributed by atoms with Crippen molar-refractivity contribution in [3.8, 4) is 0 Å². The lowest BCUT2D eigenvalue weighted by molar-refractivity contribution is 0.0724. The number of amides is 1. The van der Waals surface area contributed by atoms with Gasteiger partial charge >= 0.3 is 0 Å². The van der Waals surface area contributed by atoms with E-state index in [4.69, 9.17) is 5.41 Å². The van der Waals surface area contributed by atoms with Crippen molar-refractivity contribution in [2.75, 3.05) is 18.4 Å². The fourth-order valence-electron chi connectivity index (χ4n) is 4.09. The SMILES string of the molecule is N=C(/C=C\Nc1ccccc1)N(C(=O)c1ccccn1)C1CCN(Cc2ccccc2)CC1. The van der Waals surface area contributed by atoms with Crippen molar-refractivity contribution < 1.29 is 4.79 Å². The normalized spacial score (nSPS) is 14.8. The average Bonchev–Trinajstić information content (AvgIpc) is 2.87. The zero-order valence-corrected chi connectivity index (χ0v) is 18.6. The Morgan fingerprint density at radius 3 is 2.33 bits per heavy atom. The zero-order chi connectivity index (χ0) is 22.9. The van der Waals surface area contributed by atoms with Crippen molar-refractivity contribution >= 4 is 17.4 Å². The van der Waals surface area contributed by atoms with Crippen molar-refractivity contribution in [1.82, 2.24) is 14.8 Å². The fourth-order valence-corrected chi connectivity index (χ4v) is 4.09. The first-order valence-corrected chi connectivity index (χ1v) is 11.3. The van der Waals surface area contributed by atoms with Gasteiger partial charge in [-0.25, -0.2) is 0 Å². The van der Waals surface area contributed by atoms with Crippen LogP contribution in [0.3, 0.4) is 0 Å². The molecule has 1 aromatic heterocycles. The van der Waals surface area contributed by atoms with Gasteiger partial charge in [-0.2, -0.15) is 0 Å². The van der Waals surface area contributed by atoms with Gasteiger partial charge < -0.3 is 5.32 Å². The number of hydrogen-bond acceptors (Lipinski definition) is 5. The van der Waals surface area contributed by atoms with Crippen LogP contribution >= 0.6 is 0 Å². The lowest BCUT2D eigenvalue weighted by Gasteiger charge is -2.38. The van der Waals surface area contributed by atoms with Gasteiger partial charge in [0.25, 0.3) is 5.91 Å². The van der Waals surface area contributed by atoms with E-state index in [2.05, 4.69) is 39.5 Å². The highest BCUT2D eigenvalue weighted by Crippen LogP contribution is 2.21. The van der Waals surface area contributed by atoms with Gasteiger partial charge in [0, 0.05) is 43.8 Å². The molecule has 0 saturated carbocycles. The molecule has 6 nitrogen and oxygen atoms in total. The summed E-state index contributed by atoms with van der Waals surface area (Å²) < 4.78 is 0. The Morgan fingerprint density at radius 2 is 1.67 bits per heavy atom. The average molecular weight is 440 g/mol. The minimum atomic E-state index is -0.230. The number of carbonyl (C=O) groups is 1. The van der Waals surface area contributed by atoms with Crippen molar-refractivity contribution in [2.45, 2.75) is 25.4 Å². The summed E-state index contributed by atoms with van der Waals surface area (Å²) in [6, 6.07) is 25.4. The number of carbonyl (C=O) groups excluding carboxylic acids is 1. The third-order valence-electron chi connectivity index (χ3n) is 5.80. The maximum absolute atomic E-state index is 13.3. The number of nitrogens with one attached hydrogen (secondary N) is 2. The Labute approximate surface area is 195 Å². The predicted octanol–water partition coefficient (Wildman–Crippen LogP) is 4.79. The van der Waals surface area contributed by atoms with Gasteiger partial charge in [-0.1, -0.05) is 54.6 Å². The molecule has 1 fully saturated rings. The summed E-state index contributed by atoms with van der Waals surface area (Å²) >= 11 is 0. The van der Waals surface area contributed by atoms with E-state index in [0.717, 1.165) is 38.2 Å². The number of nitrogens with zero attached hydrogens (tertiary/aromatic N) is 3. The lowest BCUT2D eigenvalue weighted by atomic mass is 10.0. The summed E-state index contributed by atoms with van der Waals surface area (Å²) in [7, 11) is 0. The predicted molar refractivity (Wildman–Crippen MR) is 132 cm³/mol. The second kappa shape index (κ2) is 11.2. The minimum absolute atomic E-state index is 0.0413. The molecule has 2 N–H and O–H groups in total. The van der Waals surface area contributed by atoms with E-state index in [1.165, 1.54) is 5.56 Å². The molecule has 6 heteroatoms. The molecule has 0 atom stereocenters. The van der Waals surface area contributed by atoms with Crippen LogP contribution in [0.25, 0.3) is 0 Å². The molecule has 2 aromatic carbocycles. The van der Waals surface area contributed by atoms with Crippen LogP contribution in [0.1, 0.15) is 28.9 Å². The number of amidine groups is 1. The number of likely N-dealkylation sites (tertiary alicyclic amines) is 1. The van der Waals surface area contributed by atoms with E-state index in [-0.39, 0.29) is 17.8 Å². The van der Waals surface area contributed by atoms with E-state index >= 15 is 0 Å². The van der Waals surface area contributed by atoms with E-state index in [0.29, 0.717) is 5.69 Å². The molecule has 4 rings (SSSR count). The van der Waals surface area contributed by atoms with Crippen LogP contribution in [0, 0.1) is 5.41 Å². The largest absolute Gasteiger partial charge is 0.362 e. The van der Waals surface area contributed by atoms with E-state index in [1.807, 2.05) is 36.4 Å². The van der Waals surface area contributed by atoms with Crippen LogP contribution in [0.2, 0.25) is 0 Å². The molecule has 1 aliphatic rings. The molecule has 0 unspecified atom stereocenters. The molecule has 3 aromatic rings. The number of para-hydroxylation sites is 1. The summed E-state index contributed by atoms with van der Waals surface area (Å²) in [6.07, 6.45) is 6.59. The van der Waals surface area contributed by atoms with Crippen molar-refractivity contribution in [2.24, 2.45) is 0 Å². The van der Waals surface area contributed by atoms with Gasteiger partial charge in [-0.05, 0) is 48.7 Å². The first kappa shape index (κ1) is 22.4. The number of anilines is 1. The van der Waals surface area contributed by atoms with Crippen LogP contribution < -0.4 is 5.32 Å². The highest BCUT2D eigenvalue weighted by Gasteiger charge is 2.31. The number of piperidine rings is 1. The molecule has 0 bridgehead atoms. The van der Waals surface area contributed by atoms with Crippen LogP contribution in [0.4, 0.5) is 5.69 Å². The summed E-state index contributed by atoms with van der Waals surface area (Å²) in [6.45, 7) is 2.66. The Hall–Kier alpha value is -3.77. The summed E-state index contributed by atoms with van der Waals surface area (Å²) in [5, 5.41) is 11.9.